The Hall–Kier alpha value is -2.17. The Morgan fingerprint density at radius 1 is 1.32 bits per heavy atom. The lowest BCUT2D eigenvalue weighted by molar-refractivity contribution is -0.146. The van der Waals surface area contributed by atoms with Gasteiger partial charge in [0.2, 0.25) is 5.91 Å². The zero-order chi connectivity index (χ0) is 16.5. The van der Waals surface area contributed by atoms with Crippen LogP contribution in [0.4, 0.5) is 4.39 Å². The van der Waals surface area contributed by atoms with Crippen LogP contribution in [0.2, 0.25) is 0 Å². The molecule has 1 rings (SSSR count). The van der Waals surface area contributed by atoms with E-state index in [2.05, 4.69) is 4.74 Å². The number of methoxy groups -OCH3 is 1. The molecule has 1 amide bonds. The van der Waals surface area contributed by atoms with Gasteiger partial charge < -0.3 is 9.64 Å². The molecular weight excluding hydrogens is 285 g/mol. The van der Waals surface area contributed by atoms with E-state index in [1.54, 1.807) is 30.0 Å². The van der Waals surface area contributed by atoms with E-state index in [-0.39, 0.29) is 23.6 Å². The molecule has 4 nitrogen and oxygen atoms in total. The van der Waals surface area contributed by atoms with Crippen LogP contribution in [0, 0.1) is 11.7 Å². The molecule has 120 valence electrons. The number of benzene rings is 1. The SMILES string of the molecule is CCCN(CC(C)C(=O)OC)C(=O)/C=C/c1ccc(F)cc1. The molecule has 0 aliphatic heterocycles. The summed E-state index contributed by atoms with van der Waals surface area (Å²) >= 11 is 0. The molecule has 0 radical (unpaired) electrons. The lowest BCUT2D eigenvalue weighted by Crippen LogP contribution is -2.36. The highest BCUT2D eigenvalue weighted by Crippen LogP contribution is 2.08. The van der Waals surface area contributed by atoms with Crippen molar-refractivity contribution in [1.82, 2.24) is 4.90 Å². The molecule has 1 unspecified atom stereocenters. The van der Waals surface area contributed by atoms with Gasteiger partial charge in [-0.1, -0.05) is 26.0 Å². The number of halogens is 1. The van der Waals surface area contributed by atoms with Crippen molar-refractivity contribution in [2.45, 2.75) is 20.3 Å². The van der Waals surface area contributed by atoms with Gasteiger partial charge in [-0.3, -0.25) is 9.59 Å². The number of amides is 1. The van der Waals surface area contributed by atoms with Gasteiger partial charge in [0.1, 0.15) is 5.82 Å². The molecule has 1 atom stereocenters. The summed E-state index contributed by atoms with van der Waals surface area (Å²) in [5.74, 6) is -1.21. The Labute approximate surface area is 130 Å². The standard InChI is InChI=1S/C17H22FNO3/c1-4-11-19(12-13(2)17(21)22-3)16(20)10-7-14-5-8-15(18)9-6-14/h5-10,13H,4,11-12H2,1-3H3/b10-7+. The predicted molar refractivity (Wildman–Crippen MR) is 83.5 cm³/mol. The molecule has 0 saturated heterocycles. The Kier molecular flexibility index (Phi) is 7.29. The van der Waals surface area contributed by atoms with Crippen LogP contribution in [0.1, 0.15) is 25.8 Å². The highest BCUT2D eigenvalue weighted by Gasteiger charge is 2.19. The zero-order valence-electron chi connectivity index (χ0n) is 13.2. The van der Waals surface area contributed by atoms with Crippen LogP contribution in [0.5, 0.6) is 0 Å². The minimum absolute atomic E-state index is 0.179. The fourth-order valence-corrected chi connectivity index (χ4v) is 2.01. The summed E-state index contributed by atoms with van der Waals surface area (Å²) in [5, 5.41) is 0. The summed E-state index contributed by atoms with van der Waals surface area (Å²) in [6.07, 6.45) is 3.87. The maximum absolute atomic E-state index is 12.8. The van der Waals surface area contributed by atoms with Gasteiger partial charge in [-0.2, -0.15) is 0 Å². The number of nitrogens with zero attached hydrogens (tertiary/aromatic N) is 1. The van der Waals surface area contributed by atoms with Gasteiger partial charge in [0, 0.05) is 19.2 Å². The molecule has 0 aromatic heterocycles. The fourth-order valence-electron chi connectivity index (χ4n) is 2.01. The monoisotopic (exact) mass is 307 g/mol. The van der Waals surface area contributed by atoms with E-state index in [9.17, 15) is 14.0 Å². The van der Waals surface area contributed by atoms with E-state index in [0.717, 1.165) is 12.0 Å². The van der Waals surface area contributed by atoms with Crippen molar-refractivity contribution in [1.29, 1.82) is 0 Å². The van der Waals surface area contributed by atoms with Crippen molar-refractivity contribution >= 4 is 18.0 Å². The summed E-state index contributed by atoms with van der Waals surface area (Å²) in [5.41, 5.74) is 0.743. The summed E-state index contributed by atoms with van der Waals surface area (Å²) in [6.45, 7) is 4.57. The van der Waals surface area contributed by atoms with E-state index in [1.165, 1.54) is 25.3 Å². The summed E-state index contributed by atoms with van der Waals surface area (Å²) < 4.78 is 17.5. The second kappa shape index (κ2) is 8.97. The van der Waals surface area contributed by atoms with E-state index in [1.807, 2.05) is 6.92 Å². The van der Waals surface area contributed by atoms with Gasteiger partial charge >= 0.3 is 5.97 Å². The van der Waals surface area contributed by atoms with Crippen molar-refractivity contribution in [2.75, 3.05) is 20.2 Å². The summed E-state index contributed by atoms with van der Waals surface area (Å²) in [6, 6.07) is 5.88. The summed E-state index contributed by atoms with van der Waals surface area (Å²) in [7, 11) is 1.33. The van der Waals surface area contributed by atoms with Crippen LogP contribution in [0.3, 0.4) is 0 Å². The van der Waals surface area contributed by atoms with Gasteiger partial charge in [-0.15, -0.1) is 0 Å². The third-order valence-electron chi connectivity index (χ3n) is 3.19. The minimum atomic E-state index is -0.375. The van der Waals surface area contributed by atoms with Gasteiger partial charge in [0.25, 0.3) is 0 Å². The van der Waals surface area contributed by atoms with Crippen molar-refractivity contribution in [3.8, 4) is 0 Å². The van der Waals surface area contributed by atoms with Crippen LogP contribution >= 0.6 is 0 Å². The molecule has 5 heteroatoms. The van der Waals surface area contributed by atoms with Crippen LogP contribution in [-0.2, 0) is 14.3 Å². The molecular formula is C17H22FNO3. The topological polar surface area (TPSA) is 46.6 Å². The number of hydrogen-bond acceptors (Lipinski definition) is 3. The van der Waals surface area contributed by atoms with Crippen LogP contribution < -0.4 is 0 Å². The van der Waals surface area contributed by atoms with Crippen molar-refractivity contribution in [2.24, 2.45) is 5.92 Å². The lowest BCUT2D eigenvalue weighted by atomic mass is 10.1. The Morgan fingerprint density at radius 3 is 2.50 bits per heavy atom. The Morgan fingerprint density at radius 2 is 1.95 bits per heavy atom. The third-order valence-corrected chi connectivity index (χ3v) is 3.19. The molecule has 0 heterocycles. The van der Waals surface area contributed by atoms with Crippen LogP contribution in [0.25, 0.3) is 6.08 Å². The van der Waals surface area contributed by atoms with Gasteiger partial charge in [0.15, 0.2) is 0 Å². The number of carbonyl (C=O) groups excluding carboxylic acids is 2. The molecule has 0 aliphatic carbocycles. The average Bonchev–Trinajstić information content (AvgIpc) is 2.52. The van der Waals surface area contributed by atoms with Gasteiger partial charge in [0.05, 0.1) is 13.0 Å². The van der Waals surface area contributed by atoms with Crippen LogP contribution in [0.15, 0.2) is 30.3 Å². The third kappa shape index (κ3) is 5.68. The van der Waals surface area contributed by atoms with E-state index in [4.69, 9.17) is 0 Å². The second-order valence-electron chi connectivity index (χ2n) is 5.09. The highest BCUT2D eigenvalue weighted by atomic mass is 19.1. The fraction of sp³-hybridized carbons (Fsp3) is 0.412. The predicted octanol–water partition coefficient (Wildman–Crippen LogP) is 2.89. The first-order valence-corrected chi connectivity index (χ1v) is 7.28. The second-order valence-corrected chi connectivity index (χ2v) is 5.09. The highest BCUT2D eigenvalue weighted by molar-refractivity contribution is 5.92. The minimum Gasteiger partial charge on any atom is -0.469 e. The van der Waals surface area contributed by atoms with E-state index >= 15 is 0 Å². The normalized spacial score (nSPS) is 12.2. The largest absolute Gasteiger partial charge is 0.469 e. The number of esters is 1. The Bertz CT molecular complexity index is 525. The first kappa shape index (κ1) is 17.9. The Balaban J connectivity index is 2.71. The summed E-state index contributed by atoms with van der Waals surface area (Å²) in [4.78, 5) is 25.3. The molecule has 0 saturated carbocycles. The van der Waals surface area contributed by atoms with Crippen molar-refractivity contribution in [3.63, 3.8) is 0 Å². The molecule has 1 aromatic rings. The zero-order valence-corrected chi connectivity index (χ0v) is 13.2. The van der Waals surface area contributed by atoms with Gasteiger partial charge in [-0.25, -0.2) is 4.39 Å². The molecule has 22 heavy (non-hydrogen) atoms. The smallest absolute Gasteiger partial charge is 0.310 e. The number of rotatable bonds is 7. The first-order valence-electron chi connectivity index (χ1n) is 7.28. The first-order chi connectivity index (χ1) is 10.5. The molecule has 0 aliphatic rings. The van der Waals surface area contributed by atoms with Crippen molar-refractivity contribution in [3.05, 3.63) is 41.7 Å². The maximum atomic E-state index is 12.8. The number of ether oxygens (including phenoxy) is 1. The molecule has 1 aromatic carbocycles. The molecule has 0 bridgehead atoms. The van der Waals surface area contributed by atoms with Crippen LogP contribution in [-0.4, -0.2) is 37.0 Å². The quantitative estimate of drug-likeness (QED) is 0.575. The number of hydrogen-bond donors (Lipinski definition) is 0. The van der Waals surface area contributed by atoms with E-state index < -0.39 is 0 Å². The van der Waals surface area contributed by atoms with Gasteiger partial charge in [-0.05, 0) is 30.2 Å². The lowest BCUT2D eigenvalue weighted by Gasteiger charge is -2.23. The average molecular weight is 307 g/mol. The van der Waals surface area contributed by atoms with Crippen molar-refractivity contribution < 1.29 is 18.7 Å². The number of carbonyl (C=O) groups is 2. The van der Waals surface area contributed by atoms with E-state index in [0.29, 0.717) is 13.1 Å². The molecule has 0 spiro atoms. The molecule has 0 fully saturated rings. The molecule has 0 N–H and O–H groups in total. The maximum Gasteiger partial charge on any atom is 0.310 e.